The van der Waals surface area contributed by atoms with E-state index in [1.54, 1.807) is 0 Å². The average Bonchev–Trinajstić information content (AvgIpc) is 2.35. The van der Waals surface area contributed by atoms with Crippen LogP contribution in [0.2, 0.25) is 0 Å². The van der Waals surface area contributed by atoms with Gasteiger partial charge < -0.3 is 15.7 Å². The maximum absolute atomic E-state index is 8.70. The van der Waals surface area contributed by atoms with Crippen LogP contribution in [-0.2, 0) is 6.42 Å². The molecule has 0 aliphatic rings. The third-order valence-corrected chi connectivity index (χ3v) is 2.34. The number of aliphatic hydroxyl groups is 1. The summed E-state index contributed by atoms with van der Waals surface area (Å²) >= 11 is 0. The first kappa shape index (κ1) is 13.7. The highest BCUT2D eigenvalue weighted by molar-refractivity contribution is 5.47. The van der Waals surface area contributed by atoms with Crippen molar-refractivity contribution in [3.8, 4) is 0 Å². The summed E-state index contributed by atoms with van der Waals surface area (Å²) in [6.45, 7) is 6.01. The Morgan fingerprint density at radius 1 is 1.12 bits per heavy atom. The molecule has 0 saturated carbocycles. The molecule has 0 radical (unpaired) electrons. The Kier molecular flexibility index (Phi) is 6.32. The Morgan fingerprint density at radius 3 is 2.41 bits per heavy atom. The Balaban J connectivity index is 2.59. The molecular formula is C12H22N4O. The van der Waals surface area contributed by atoms with Gasteiger partial charge in [-0.2, -0.15) is 0 Å². The summed E-state index contributed by atoms with van der Waals surface area (Å²) in [6, 6.07) is 1.92. The van der Waals surface area contributed by atoms with Crippen molar-refractivity contribution >= 4 is 11.6 Å². The molecule has 0 atom stereocenters. The zero-order chi connectivity index (χ0) is 12.5. The molecule has 1 aromatic heterocycles. The summed E-state index contributed by atoms with van der Waals surface area (Å²) in [4.78, 5) is 8.79. The van der Waals surface area contributed by atoms with Crippen LogP contribution in [0.5, 0.6) is 0 Å². The van der Waals surface area contributed by atoms with Crippen LogP contribution in [-0.4, -0.2) is 34.8 Å². The van der Waals surface area contributed by atoms with Crippen molar-refractivity contribution in [2.75, 3.05) is 30.3 Å². The van der Waals surface area contributed by atoms with Crippen LogP contribution in [0.3, 0.4) is 0 Å². The number of hydrogen-bond acceptors (Lipinski definition) is 5. The summed E-state index contributed by atoms with van der Waals surface area (Å²) in [5.74, 6) is 2.56. The fourth-order valence-corrected chi connectivity index (χ4v) is 1.47. The van der Waals surface area contributed by atoms with E-state index >= 15 is 0 Å². The maximum atomic E-state index is 8.70. The van der Waals surface area contributed by atoms with Gasteiger partial charge in [0.15, 0.2) is 0 Å². The van der Waals surface area contributed by atoms with Gasteiger partial charge in [-0.15, -0.1) is 0 Å². The number of aliphatic hydroxyl groups excluding tert-OH is 1. The van der Waals surface area contributed by atoms with E-state index in [2.05, 4.69) is 20.6 Å². The lowest BCUT2D eigenvalue weighted by Gasteiger charge is -2.09. The highest BCUT2D eigenvalue weighted by Gasteiger charge is 2.02. The number of aryl methyl sites for hydroxylation is 1. The van der Waals surface area contributed by atoms with Crippen molar-refractivity contribution in [1.29, 1.82) is 0 Å². The number of hydrogen-bond donors (Lipinski definition) is 3. The van der Waals surface area contributed by atoms with Gasteiger partial charge in [0.25, 0.3) is 0 Å². The Morgan fingerprint density at radius 2 is 1.82 bits per heavy atom. The van der Waals surface area contributed by atoms with Gasteiger partial charge in [-0.1, -0.05) is 6.92 Å². The van der Waals surface area contributed by atoms with Crippen molar-refractivity contribution in [2.24, 2.45) is 0 Å². The highest BCUT2D eigenvalue weighted by Crippen LogP contribution is 2.11. The van der Waals surface area contributed by atoms with Gasteiger partial charge in [0, 0.05) is 32.2 Å². The molecule has 0 amide bonds. The van der Waals surface area contributed by atoms with Gasteiger partial charge in [-0.25, -0.2) is 9.97 Å². The van der Waals surface area contributed by atoms with Crippen molar-refractivity contribution in [3.05, 3.63) is 11.9 Å². The van der Waals surface area contributed by atoms with Crippen LogP contribution in [0.4, 0.5) is 11.6 Å². The van der Waals surface area contributed by atoms with Crippen molar-refractivity contribution < 1.29 is 5.11 Å². The molecule has 0 aliphatic heterocycles. The van der Waals surface area contributed by atoms with E-state index in [-0.39, 0.29) is 6.61 Å². The lowest BCUT2D eigenvalue weighted by molar-refractivity contribution is 0.286. The minimum absolute atomic E-state index is 0.244. The van der Waals surface area contributed by atoms with Gasteiger partial charge >= 0.3 is 0 Å². The van der Waals surface area contributed by atoms with Crippen molar-refractivity contribution in [3.63, 3.8) is 0 Å². The van der Waals surface area contributed by atoms with Crippen LogP contribution in [0.15, 0.2) is 6.07 Å². The molecule has 0 spiro atoms. The standard InChI is InChI=1S/C12H22N4O/c1-3-10-15-11(13-4-2)9-12(16-10)14-7-5-6-8-17/h9,17H,3-8H2,1-2H3,(H2,13,14,15,16). The Hall–Kier alpha value is -1.36. The van der Waals surface area contributed by atoms with Crippen molar-refractivity contribution in [2.45, 2.75) is 33.1 Å². The van der Waals surface area contributed by atoms with Crippen LogP contribution in [0.1, 0.15) is 32.5 Å². The lowest BCUT2D eigenvalue weighted by atomic mass is 10.3. The maximum Gasteiger partial charge on any atom is 0.132 e. The first-order valence-electron chi connectivity index (χ1n) is 6.26. The van der Waals surface area contributed by atoms with E-state index in [4.69, 9.17) is 5.11 Å². The summed E-state index contributed by atoms with van der Waals surface area (Å²) in [5.41, 5.74) is 0. The van der Waals surface area contributed by atoms with Gasteiger partial charge in [-0.3, -0.25) is 0 Å². The van der Waals surface area contributed by atoms with Gasteiger partial charge in [0.05, 0.1) is 0 Å². The Bertz CT molecular complexity index is 330. The molecule has 1 heterocycles. The second-order valence-corrected chi connectivity index (χ2v) is 3.80. The SMILES string of the molecule is CCNc1cc(NCCCCO)nc(CC)n1. The molecule has 0 unspecified atom stereocenters. The Labute approximate surface area is 103 Å². The second-order valence-electron chi connectivity index (χ2n) is 3.80. The molecule has 17 heavy (non-hydrogen) atoms. The molecule has 5 nitrogen and oxygen atoms in total. The summed E-state index contributed by atoms with van der Waals surface area (Å²) in [7, 11) is 0. The number of aromatic nitrogens is 2. The molecule has 0 aliphatic carbocycles. The predicted molar refractivity (Wildman–Crippen MR) is 70.4 cm³/mol. The van der Waals surface area contributed by atoms with Gasteiger partial charge in [-0.05, 0) is 19.8 Å². The van der Waals surface area contributed by atoms with E-state index < -0.39 is 0 Å². The highest BCUT2D eigenvalue weighted by atomic mass is 16.2. The topological polar surface area (TPSA) is 70.1 Å². The molecule has 5 heteroatoms. The smallest absolute Gasteiger partial charge is 0.132 e. The second kappa shape index (κ2) is 7.84. The fraction of sp³-hybridized carbons (Fsp3) is 0.667. The van der Waals surface area contributed by atoms with Gasteiger partial charge in [0.2, 0.25) is 0 Å². The zero-order valence-corrected chi connectivity index (χ0v) is 10.7. The quantitative estimate of drug-likeness (QED) is 0.601. The van der Waals surface area contributed by atoms with E-state index in [1.165, 1.54) is 0 Å². The van der Waals surface area contributed by atoms with Crippen LogP contribution in [0.25, 0.3) is 0 Å². The largest absolute Gasteiger partial charge is 0.396 e. The number of unbranched alkanes of at least 4 members (excludes halogenated alkanes) is 1. The molecular weight excluding hydrogens is 216 g/mol. The summed E-state index contributed by atoms with van der Waals surface area (Å²) in [5, 5.41) is 15.1. The van der Waals surface area contributed by atoms with E-state index in [0.717, 1.165) is 49.8 Å². The first-order valence-corrected chi connectivity index (χ1v) is 6.26. The summed E-state index contributed by atoms with van der Waals surface area (Å²) in [6.07, 6.45) is 2.59. The fourth-order valence-electron chi connectivity index (χ4n) is 1.47. The number of rotatable bonds is 8. The third kappa shape index (κ3) is 4.99. The number of anilines is 2. The predicted octanol–water partition coefficient (Wildman–Crippen LogP) is 1.66. The molecule has 0 aromatic carbocycles. The van der Waals surface area contributed by atoms with Gasteiger partial charge in [0.1, 0.15) is 17.5 Å². The van der Waals surface area contributed by atoms with E-state index in [0.29, 0.717) is 0 Å². The molecule has 3 N–H and O–H groups in total. The normalized spacial score (nSPS) is 10.3. The summed E-state index contributed by atoms with van der Waals surface area (Å²) < 4.78 is 0. The van der Waals surface area contributed by atoms with Crippen molar-refractivity contribution in [1.82, 2.24) is 9.97 Å². The lowest BCUT2D eigenvalue weighted by Crippen LogP contribution is -2.09. The average molecular weight is 238 g/mol. The van der Waals surface area contributed by atoms with Crippen LogP contribution >= 0.6 is 0 Å². The minimum atomic E-state index is 0.244. The molecule has 1 rings (SSSR count). The first-order chi connectivity index (χ1) is 8.30. The molecule has 96 valence electrons. The third-order valence-electron chi connectivity index (χ3n) is 2.34. The van der Waals surface area contributed by atoms with E-state index in [1.807, 2.05) is 19.9 Å². The molecule has 0 bridgehead atoms. The monoisotopic (exact) mass is 238 g/mol. The molecule has 1 aromatic rings. The zero-order valence-electron chi connectivity index (χ0n) is 10.7. The minimum Gasteiger partial charge on any atom is -0.396 e. The molecule has 0 saturated heterocycles. The number of nitrogens with one attached hydrogen (secondary N) is 2. The number of nitrogens with zero attached hydrogens (tertiary/aromatic N) is 2. The van der Waals surface area contributed by atoms with Crippen LogP contribution < -0.4 is 10.6 Å². The van der Waals surface area contributed by atoms with E-state index in [9.17, 15) is 0 Å². The van der Waals surface area contributed by atoms with Crippen LogP contribution in [0, 0.1) is 0 Å². The molecule has 0 fully saturated rings.